The predicted molar refractivity (Wildman–Crippen MR) is 86.4 cm³/mol. The van der Waals surface area contributed by atoms with Crippen molar-refractivity contribution in [2.75, 3.05) is 11.9 Å². The van der Waals surface area contributed by atoms with Crippen molar-refractivity contribution >= 4 is 38.4 Å². The summed E-state index contributed by atoms with van der Waals surface area (Å²) in [5.74, 6) is -0.321. The Bertz CT molecular complexity index is 804. The minimum atomic E-state index is -0.719. The Kier molecular flexibility index (Phi) is 4.17. The number of anilines is 1. The summed E-state index contributed by atoms with van der Waals surface area (Å²) in [7, 11) is 0. The molecule has 7 heteroatoms. The Labute approximate surface area is 134 Å². The van der Waals surface area contributed by atoms with E-state index in [1.165, 1.54) is 6.33 Å². The molecule has 0 saturated carbocycles. The smallest absolute Gasteiger partial charge is 0.249 e. The molecule has 0 spiro atoms. The lowest BCUT2D eigenvalue weighted by molar-refractivity contribution is -0.120. The second-order valence-electron chi connectivity index (χ2n) is 4.76. The van der Waals surface area contributed by atoms with Crippen molar-refractivity contribution in [2.45, 2.75) is 6.04 Å². The standard InChI is InChI=1S/C15H13BrN4O2/c16-11-2-1-10-5-12(7-18-13(10)6-11)19-15(22)14(8-21)20-4-3-17-9-20/h1-7,9,14,21H,8H2,(H,19,22)/t14-/m0/s1. The highest BCUT2D eigenvalue weighted by molar-refractivity contribution is 9.10. The number of hydrogen-bond donors (Lipinski definition) is 2. The van der Waals surface area contributed by atoms with E-state index in [1.54, 1.807) is 23.2 Å². The van der Waals surface area contributed by atoms with Gasteiger partial charge in [0.15, 0.2) is 0 Å². The maximum Gasteiger partial charge on any atom is 0.249 e. The molecule has 2 N–H and O–H groups in total. The molecule has 0 aliphatic carbocycles. The van der Waals surface area contributed by atoms with E-state index in [0.29, 0.717) is 5.69 Å². The van der Waals surface area contributed by atoms with Crippen LogP contribution in [0.3, 0.4) is 0 Å². The van der Waals surface area contributed by atoms with Crippen molar-refractivity contribution in [3.63, 3.8) is 0 Å². The van der Waals surface area contributed by atoms with E-state index >= 15 is 0 Å². The maximum absolute atomic E-state index is 12.3. The molecule has 2 heterocycles. The Morgan fingerprint density at radius 3 is 3.00 bits per heavy atom. The number of halogens is 1. The van der Waals surface area contributed by atoms with Crippen molar-refractivity contribution < 1.29 is 9.90 Å². The number of fused-ring (bicyclic) bond motifs is 1. The lowest BCUT2D eigenvalue weighted by Gasteiger charge is -2.15. The van der Waals surface area contributed by atoms with Gasteiger partial charge in [-0.15, -0.1) is 0 Å². The van der Waals surface area contributed by atoms with E-state index in [1.807, 2.05) is 24.3 Å². The van der Waals surface area contributed by atoms with Gasteiger partial charge in [0.25, 0.3) is 0 Å². The molecule has 1 aromatic carbocycles. The Morgan fingerprint density at radius 2 is 2.27 bits per heavy atom. The number of hydrogen-bond acceptors (Lipinski definition) is 4. The molecule has 0 bridgehead atoms. The van der Waals surface area contributed by atoms with Gasteiger partial charge in [-0.25, -0.2) is 4.98 Å². The van der Waals surface area contributed by atoms with E-state index in [2.05, 4.69) is 31.2 Å². The van der Waals surface area contributed by atoms with Crippen LogP contribution in [-0.4, -0.2) is 32.2 Å². The van der Waals surface area contributed by atoms with Gasteiger partial charge in [-0.3, -0.25) is 9.78 Å². The van der Waals surface area contributed by atoms with E-state index in [-0.39, 0.29) is 12.5 Å². The molecular formula is C15H13BrN4O2. The summed E-state index contributed by atoms with van der Waals surface area (Å²) >= 11 is 3.40. The van der Waals surface area contributed by atoms with E-state index in [0.717, 1.165) is 15.4 Å². The number of aromatic nitrogens is 3. The normalized spacial score (nSPS) is 12.3. The number of nitrogens with one attached hydrogen (secondary N) is 1. The molecule has 22 heavy (non-hydrogen) atoms. The largest absolute Gasteiger partial charge is 0.394 e. The number of nitrogens with zero attached hydrogens (tertiary/aromatic N) is 3. The average molecular weight is 361 g/mol. The Balaban J connectivity index is 1.83. The molecule has 3 aromatic rings. The first kappa shape index (κ1) is 14.7. The van der Waals surface area contributed by atoms with E-state index in [4.69, 9.17) is 0 Å². The second kappa shape index (κ2) is 6.25. The minimum Gasteiger partial charge on any atom is -0.394 e. The van der Waals surface area contributed by atoms with Gasteiger partial charge < -0.3 is 15.0 Å². The number of aliphatic hydroxyl groups is 1. The summed E-state index contributed by atoms with van der Waals surface area (Å²) in [6.45, 7) is -0.309. The van der Waals surface area contributed by atoms with Crippen LogP contribution in [0.1, 0.15) is 6.04 Å². The molecule has 6 nitrogen and oxygen atoms in total. The quantitative estimate of drug-likeness (QED) is 0.748. The van der Waals surface area contributed by atoms with Crippen molar-refractivity contribution in [2.24, 2.45) is 0 Å². The fourth-order valence-corrected chi connectivity index (χ4v) is 2.50. The number of imidazole rings is 1. The van der Waals surface area contributed by atoms with Gasteiger partial charge in [0, 0.05) is 22.3 Å². The van der Waals surface area contributed by atoms with Crippen LogP contribution in [0, 0.1) is 0 Å². The number of benzene rings is 1. The van der Waals surface area contributed by atoms with Crippen LogP contribution in [0.25, 0.3) is 10.9 Å². The van der Waals surface area contributed by atoms with Crippen LogP contribution in [0.4, 0.5) is 5.69 Å². The highest BCUT2D eigenvalue weighted by Gasteiger charge is 2.19. The second-order valence-corrected chi connectivity index (χ2v) is 5.67. The zero-order valence-corrected chi connectivity index (χ0v) is 13.1. The number of carbonyl (C=O) groups is 1. The maximum atomic E-state index is 12.3. The van der Waals surface area contributed by atoms with Crippen LogP contribution >= 0.6 is 15.9 Å². The van der Waals surface area contributed by atoms with Crippen molar-refractivity contribution in [1.29, 1.82) is 0 Å². The molecule has 1 amide bonds. The van der Waals surface area contributed by atoms with Crippen molar-refractivity contribution in [3.8, 4) is 0 Å². The zero-order valence-electron chi connectivity index (χ0n) is 11.5. The molecule has 0 aliphatic rings. The fourth-order valence-electron chi connectivity index (χ4n) is 2.15. The fraction of sp³-hybridized carbons (Fsp3) is 0.133. The average Bonchev–Trinajstić information content (AvgIpc) is 3.02. The lowest BCUT2D eigenvalue weighted by atomic mass is 10.2. The third-order valence-corrected chi connectivity index (χ3v) is 3.77. The first-order valence-electron chi connectivity index (χ1n) is 6.62. The van der Waals surface area contributed by atoms with Gasteiger partial charge in [-0.1, -0.05) is 22.0 Å². The molecule has 2 aromatic heterocycles. The minimum absolute atomic E-state index is 0.309. The molecule has 0 unspecified atom stereocenters. The number of carbonyl (C=O) groups excluding carboxylic acids is 1. The van der Waals surface area contributed by atoms with Gasteiger partial charge in [0.2, 0.25) is 5.91 Å². The lowest BCUT2D eigenvalue weighted by Crippen LogP contribution is -2.28. The number of rotatable bonds is 4. The summed E-state index contributed by atoms with van der Waals surface area (Å²) in [6, 6.07) is 6.86. The van der Waals surface area contributed by atoms with Crippen LogP contribution in [0.5, 0.6) is 0 Å². The summed E-state index contributed by atoms with van der Waals surface area (Å²) < 4.78 is 2.51. The molecule has 112 valence electrons. The van der Waals surface area contributed by atoms with E-state index < -0.39 is 6.04 Å². The van der Waals surface area contributed by atoms with Crippen LogP contribution in [0.2, 0.25) is 0 Å². The number of pyridine rings is 1. The third-order valence-electron chi connectivity index (χ3n) is 3.27. The van der Waals surface area contributed by atoms with Gasteiger partial charge in [0.05, 0.1) is 30.3 Å². The number of aliphatic hydroxyl groups excluding tert-OH is 1. The van der Waals surface area contributed by atoms with Crippen LogP contribution < -0.4 is 5.32 Å². The first-order chi connectivity index (χ1) is 10.7. The van der Waals surface area contributed by atoms with Crippen molar-refractivity contribution in [1.82, 2.24) is 14.5 Å². The molecular weight excluding hydrogens is 348 g/mol. The highest BCUT2D eigenvalue weighted by atomic mass is 79.9. The molecule has 0 aliphatic heterocycles. The third kappa shape index (κ3) is 3.00. The summed E-state index contributed by atoms with van der Waals surface area (Å²) in [5.41, 5.74) is 1.42. The van der Waals surface area contributed by atoms with Gasteiger partial charge >= 0.3 is 0 Å². The van der Waals surface area contributed by atoms with Gasteiger partial charge in [0.1, 0.15) is 6.04 Å². The van der Waals surface area contributed by atoms with Crippen LogP contribution in [-0.2, 0) is 4.79 Å². The van der Waals surface area contributed by atoms with Crippen molar-refractivity contribution in [3.05, 3.63) is 53.7 Å². The monoisotopic (exact) mass is 360 g/mol. The topological polar surface area (TPSA) is 80.0 Å². The van der Waals surface area contributed by atoms with Crippen LogP contribution in [0.15, 0.2) is 53.7 Å². The summed E-state index contributed by atoms with van der Waals surface area (Å²) in [6.07, 6.45) is 6.29. The zero-order chi connectivity index (χ0) is 15.5. The molecule has 0 fully saturated rings. The molecule has 0 saturated heterocycles. The Hall–Kier alpha value is -2.25. The summed E-state index contributed by atoms with van der Waals surface area (Å²) in [4.78, 5) is 20.5. The number of amides is 1. The van der Waals surface area contributed by atoms with E-state index in [9.17, 15) is 9.90 Å². The summed E-state index contributed by atoms with van der Waals surface area (Å²) in [5, 5.41) is 13.1. The predicted octanol–water partition coefficient (Wildman–Crippen LogP) is 2.37. The molecule has 0 radical (unpaired) electrons. The molecule has 1 atom stereocenters. The van der Waals surface area contributed by atoms with Gasteiger partial charge in [-0.05, 0) is 18.2 Å². The van der Waals surface area contributed by atoms with Gasteiger partial charge in [-0.2, -0.15) is 0 Å². The highest BCUT2D eigenvalue weighted by Crippen LogP contribution is 2.21. The Morgan fingerprint density at radius 1 is 1.41 bits per heavy atom. The molecule has 3 rings (SSSR count). The first-order valence-corrected chi connectivity index (χ1v) is 7.41. The SMILES string of the molecule is O=C(Nc1cnc2cc(Br)ccc2c1)[C@H](CO)n1ccnc1.